The van der Waals surface area contributed by atoms with E-state index in [0.717, 1.165) is 4.57 Å². The number of rotatable bonds is 6. The summed E-state index contributed by atoms with van der Waals surface area (Å²) in [5.74, 6) is -0.668. The van der Waals surface area contributed by atoms with Gasteiger partial charge in [-0.25, -0.2) is 4.79 Å². The number of hydrogen-bond donors (Lipinski definition) is 1. The first-order valence-corrected chi connectivity index (χ1v) is 8.46. The van der Waals surface area contributed by atoms with Crippen LogP contribution in [-0.4, -0.2) is 55.0 Å². The van der Waals surface area contributed by atoms with Gasteiger partial charge in [0.15, 0.2) is 11.2 Å². The van der Waals surface area contributed by atoms with Crippen LogP contribution in [0.25, 0.3) is 11.2 Å². The smallest absolute Gasteiger partial charge is 0.332 e. The highest BCUT2D eigenvalue weighted by Gasteiger charge is 2.22. The second-order valence-corrected chi connectivity index (χ2v) is 6.04. The molecule has 0 bridgehead atoms. The molecule has 2 amide bonds. The minimum atomic E-state index is -0.595. The number of carbonyl (C=O) groups is 2. The molecule has 10 nitrogen and oxygen atoms in total. The van der Waals surface area contributed by atoms with Gasteiger partial charge in [0.05, 0.1) is 6.54 Å². The molecule has 0 aliphatic carbocycles. The molecule has 142 valence electrons. The number of carbonyl (C=O) groups excluding carboxylic acids is 2. The van der Waals surface area contributed by atoms with Crippen LogP contribution < -0.4 is 16.6 Å². The molecule has 0 radical (unpaired) electrons. The van der Waals surface area contributed by atoms with Gasteiger partial charge in [0.1, 0.15) is 6.54 Å². The van der Waals surface area contributed by atoms with Crippen molar-refractivity contribution < 1.29 is 9.59 Å². The van der Waals surface area contributed by atoms with Gasteiger partial charge in [-0.05, 0) is 25.4 Å². The standard InChI is InChI=1S/C15H21ClN6O4/c1-5-17-9(23)7-21(6-2)10(24)8-22-11-12(18-14(22)16)19(3)15(26)20(4)13(11)25/h5-8H2,1-4H3,(H,17,23). The monoisotopic (exact) mass is 384 g/mol. The fourth-order valence-electron chi connectivity index (χ4n) is 2.60. The van der Waals surface area contributed by atoms with Crippen LogP contribution in [0.4, 0.5) is 0 Å². The molecule has 0 aliphatic rings. The van der Waals surface area contributed by atoms with E-state index < -0.39 is 17.2 Å². The molecule has 0 aromatic carbocycles. The average molecular weight is 385 g/mol. The summed E-state index contributed by atoms with van der Waals surface area (Å²) in [7, 11) is 2.80. The molecule has 0 saturated carbocycles. The van der Waals surface area contributed by atoms with Crippen molar-refractivity contribution in [3.05, 3.63) is 26.1 Å². The summed E-state index contributed by atoms with van der Waals surface area (Å²) in [4.78, 5) is 54.2. The molecule has 2 rings (SSSR count). The van der Waals surface area contributed by atoms with Crippen LogP contribution in [0.5, 0.6) is 0 Å². The second-order valence-electron chi connectivity index (χ2n) is 5.71. The fraction of sp³-hybridized carbons (Fsp3) is 0.533. The van der Waals surface area contributed by atoms with Crippen molar-refractivity contribution in [3.8, 4) is 0 Å². The molecule has 11 heteroatoms. The van der Waals surface area contributed by atoms with E-state index in [-0.39, 0.29) is 35.4 Å². The van der Waals surface area contributed by atoms with Crippen LogP contribution >= 0.6 is 11.6 Å². The third-order valence-electron chi connectivity index (χ3n) is 4.04. The van der Waals surface area contributed by atoms with Gasteiger partial charge in [0.25, 0.3) is 5.56 Å². The largest absolute Gasteiger partial charge is 0.355 e. The van der Waals surface area contributed by atoms with Crippen molar-refractivity contribution >= 4 is 34.6 Å². The maximum atomic E-state index is 12.6. The first kappa shape index (κ1) is 19.7. The van der Waals surface area contributed by atoms with Crippen molar-refractivity contribution in [2.24, 2.45) is 14.1 Å². The Hall–Kier alpha value is -2.62. The molecule has 2 heterocycles. The van der Waals surface area contributed by atoms with Gasteiger partial charge in [0.2, 0.25) is 17.1 Å². The van der Waals surface area contributed by atoms with Crippen molar-refractivity contribution in [2.45, 2.75) is 20.4 Å². The van der Waals surface area contributed by atoms with Crippen molar-refractivity contribution in [3.63, 3.8) is 0 Å². The highest BCUT2D eigenvalue weighted by atomic mass is 35.5. The number of fused-ring (bicyclic) bond motifs is 1. The number of aromatic nitrogens is 4. The van der Waals surface area contributed by atoms with E-state index >= 15 is 0 Å². The summed E-state index contributed by atoms with van der Waals surface area (Å²) in [6, 6.07) is 0. The summed E-state index contributed by atoms with van der Waals surface area (Å²) in [6.07, 6.45) is 0. The third kappa shape index (κ3) is 3.50. The highest BCUT2D eigenvalue weighted by Crippen LogP contribution is 2.15. The third-order valence-corrected chi connectivity index (χ3v) is 4.33. The van der Waals surface area contributed by atoms with E-state index in [1.165, 1.54) is 28.1 Å². The zero-order chi connectivity index (χ0) is 19.6. The summed E-state index contributed by atoms with van der Waals surface area (Å²) in [5.41, 5.74) is -0.978. The Balaban J connectivity index is 2.43. The number of amides is 2. The number of likely N-dealkylation sites (N-methyl/N-ethyl adjacent to an activating group) is 2. The van der Waals surface area contributed by atoms with Gasteiger partial charge in [0, 0.05) is 27.2 Å². The quantitative estimate of drug-likeness (QED) is 0.647. The van der Waals surface area contributed by atoms with E-state index in [2.05, 4.69) is 10.3 Å². The lowest BCUT2D eigenvalue weighted by molar-refractivity contribution is -0.136. The number of hydrogen-bond acceptors (Lipinski definition) is 5. The predicted molar refractivity (Wildman–Crippen MR) is 96.2 cm³/mol. The van der Waals surface area contributed by atoms with Crippen LogP contribution in [0.1, 0.15) is 13.8 Å². The molecule has 0 saturated heterocycles. The summed E-state index contributed by atoms with van der Waals surface area (Å²) >= 11 is 6.10. The van der Waals surface area contributed by atoms with Crippen LogP contribution in [0, 0.1) is 0 Å². The van der Waals surface area contributed by atoms with E-state index in [1.54, 1.807) is 13.8 Å². The number of aryl methyl sites for hydroxylation is 1. The number of imidazole rings is 1. The maximum Gasteiger partial charge on any atom is 0.332 e. The van der Waals surface area contributed by atoms with Gasteiger partial charge >= 0.3 is 5.69 Å². The van der Waals surface area contributed by atoms with Crippen LogP contribution in [0.2, 0.25) is 5.28 Å². The molecule has 0 aliphatic heterocycles. The zero-order valence-electron chi connectivity index (χ0n) is 15.1. The minimum absolute atomic E-state index is 0.0574. The van der Waals surface area contributed by atoms with Gasteiger partial charge in [-0.15, -0.1) is 0 Å². The Morgan fingerprint density at radius 3 is 2.42 bits per heavy atom. The number of nitrogens with one attached hydrogen (secondary N) is 1. The molecule has 0 unspecified atom stereocenters. The van der Waals surface area contributed by atoms with Gasteiger partial charge < -0.3 is 10.2 Å². The van der Waals surface area contributed by atoms with Crippen molar-refractivity contribution in [1.82, 2.24) is 28.9 Å². The average Bonchev–Trinajstić information content (AvgIpc) is 2.92. The Morgan fingerprint density at radius 1 is 1.19 bits per heavy atom. The first-order chi connectivity index (χ1) is 12.2. The SMILES string of the molecule is CCNC(=O)CN(CC)C(=O)Cn1c(Cl)nc2c1c(=O)n(C)c(=O)n2C. The van der Waals surface area contributed by atoms with Gasteiger partial charge in [-0.2, -0.15) is 4.98 Å². The molecule has 2 aromatic heterocycles. The van der Waals surface area contributed by atoms with Gasteiger partial charge in [-0.1, -0.05) is 0 Å². The van der Waals surface area contributed by atoms with Crippen molar-refractivity contribution in [1.29, 1.82) is 0 Å². The Labute approximate surface area is 154 Å². The highest BCUT2D eigenvalue weighted by molar-refractivity contribution is 6.29. The molecule has 1 N–H and O–H groups in total. The van der Waals surface area contributed by atoms with E-state index in [0.29, 0.717) is 13.1 Å². The number of halogens is 1. The Bertz CT molecular complexity index is 973. The minimum Gasteiger partial charge on any atom is -0.355 e. The summed E-state index contributed by atoms with van der Waals surface area (Å²) < 4.78 is 3.37. The predicted octanol–water partition coefficient (Wildman–Crippen LogP) is -0.928. The maximum absolute atomic E-state index is 12.6. The van der Waals surface area contributed by atoms with E-state index in [4.69, 9.17) is 11.6 Å². The first-order valence-electron chi connectivity index (χ1n) is 8.09. The zero-order valence-corrected chi connectivity index (χ0v) is 15.8. The molecule has 2 aromatic rings. The molecular weight excluding hydrogens is 364 g/mol. The Kier molecular flexibility index (Phi) is 5.86. The summed E-state index contributed by atoms with van der Waals surface area (Å²) in [6.45, 7) is 3.95. The van der Waals surface area contributed by atoms with Crippen LogP contribution in [0.15, 0.2) is 9.59 Å². The molecule has 0 atom stereocenters. The fourth-order valence-corrected chi connectivity index (χ4v) is 2.83. The second kappa shape index (κ2) is 7.73. The van der Waals surface area contributed by atoms with Gasteiger partial charge in [-0.3, -0.25) is 28.1 Å². The van der Waals surface area contributed by atoms with Crippen molar-refractivity contribution in [2.75, 3.05) is 19.6 Å². The normalized spacial score (nSPS) is 11.0. The molecule has 0 fully saturated rings. The Morgan fingerprint density at radius 2 is 1.85 bits per heavy atom. The lowest BCUT2D eigenvalue weighted by Gasteiger charge is -2.20. The summed E-state index contributed by atoms with van der Waals surface area (Å²) in [5, 5.41) is 2.54. The molecular formula is C15H21ClN6O4. The topological polar surface area (TPSA) is 111 Å². The molecule has 26 heavy (non-hydrogen) atoms. The van der Waals surface area contributed by atoms with E-state index in [1.807, 2.05) is 0 Å². The van der Waals surface area contributed by atoms with Crippen LogP contribution in [-0.2, 0) is 30.2 Å². The van der Waals surface area contributed by atoms with Crippen LogP contribution in [0.3, 0.4) is 0 Å². The lowest BCUT2D eigenvalue weighted by Crippen LogP contribution is -2.42. The van der Waals surface area contributed by atoms with E-state index in [9.17, 15) is 19.2 Å². The molecule has 0 spiro atoms. The lowest BCUT2D eigenvalue weighted by atomic mass is 10.4. The number of nitrogens with zero attached hydrogens (tertiary/aromatic N) is 5.